The molecule has 2 atom stereocenters. The van der Waals surface area contributed by atoms with E-state index in [1.165, 1.54) is 0 Å². The number of amides is 1. The third-order valence-electron chi connectivity index (χ3n) is 7.10. The van der Waals surface area contributed by atoms with Crippen molar-refractivity contribution < 1.29 is 24.6 Å². The van der Waals surface area contributed by atoms with E-state index in [9.17, 15) is 19.5 Å². The van der Waals surface area contributed by atoms with Crippen LogP contribution in [0.4, 0.5) is 0 Å². The first-order valence-corrected chi connectivity index (χ1v) is 10.9. The summed E-state index contributed by atoms with van der Waals surface area (Å²) in [5.74, 6) is -0.896. The van der Waals surface area contributed by atoms with E-state index in [1.807, 2.05) is 4.90 Å². The second-order valence-electron chi connectivity index (χ2n) is 8.92. The lowest BCUT2D eigenvalue weighted by Gasteiger charge is -2.40. The van der Waals surface area contributed by atoms with Gasteiger partial charge in [-0.05, 0) is 70.0 Å². The van der Waals surface area contributed by atoms with E-state index in [-0.39, 0.29) is 36.0 Å². The van der Waals surface area contributed by atoms with Gasteiger partial charge in [-0.3, -0.25) is 14.4 Å². The van der Waals surface area contributed by atoms with Crippen molar-refractivity contribution in [1.29, 1.82) is 0 Å². The number of hydrogen-bond acceptors (Lipinski definition) is 4. The second-order valence-corrected chi connectivity index (χ2v) is 8.92. The van der Waals surface area contributed by atoms with Crippen LogP contribution in [0.5, 0.6) is 0 Å². The molecular formula is C21H34N2O5. The van der Waals surface area contributed by atoms with Gasteiger partial charge in [-0.2, -0.15) is 0 Å². The number of piperidine rings is 2. The minimum atomic E-state index is -0.757. The summed E-state index contributed by atoms with van der Waals surface area (Å²) in [6, 6.07) is 0. The maximum atomic E-state index is 12.8. The molecule has 2 unspecified atom stereocenters. The van der Waals surface area contributed by atoms with Gasteiger partial charge in [0.15, 0.2) is 0 Å². The number of carboxylic acid groups (broad SMARTS) is 2. The summed E-state index contributed by atoms with van der Waals surface area (Å²) in [7, 11) is 0. The average Bonchev–Trinajstić information content (AvgIpc) is 3.21. The lowest BCUT2D eigenvalue weighted by atomic mass is 9.80. The van der Waals surface area contributed by atoms with Gasteiger partial charge in [0.2, 0.25) is 5.91 Å². The molecule has 2 heterocycles. The third-order valence-corrected chi connectivity index (χ3v) is 7.10. The zero-order valence-corrected chi connectivity index (χ0v) is 16.7. The maximum absolute atomic E-state index is 12.8. The fourth-order valence-corrected chi connectivity index (χ4v) is 5.28. The molecule has 0 bridgehead atoms. The number of rotatable bonds is 7. The van der Waals surface area contributed by atoms with E-state index in [4.69, 9.17) is 5.11 Å². The molecule has 0 aromatic heterocycles. The van der Waals surface area contributed by atoms with Crippen LogP contribution >= 0.6 is 0 Å². The van der Waals surface area contributed by atoms with Crippen molar-refractivity contribution in [1.82, 2.24) is 9.80 Å². The molecule has 1 aliphatic carbocycles. The van der Waals surface area contributed by atoms with Crippen molar-refractivity contribution in [3.8, 4) is 0 Å². The summed E-state index contributed by atoms with van der Waals surface area (Å²) in [6.45, 7) is 3.81. The highest BCUT2D eigenvalue weighted by molar-refractivity contribution is 5.79. The Bertz CT molecular complexity index is 567. The normalized spacial score (nSPS) is 27.8. The van der Waals surface area contributed by atoms with Crippen molar-refractivity contribution in [2.75, 3.05) is 32.7 Å². The summed E-state index contributed by atoms with van der Waals surface area (Å²) in [5, 5.41) is 18.4. The predicted molar refractivity (Wildman–Crippen MR) is 104 cm³/mol. The lowest BCUT2D eigenvalue weighted by Crippen LogP contribution is -2.47. The van der Waals surface area contributed by atoms with Crippen LogP contribution in [0.15, 0.2) is 0 Å². The predicted octanol–water partition coefficient (Wildman–Crippen LogP) is 2.30. The van der Waals surface area contributed by atoms with Gasteiger partial charge in [-0.1, -0.05) is 12.8 Å². The molecule has 3 rings (SSSR count). The van der Waals surface area contributed by atoms with E-state index in [0.717, 1.165) is 58.2 Å². The Morgan fingerprint density at radius 2 is 1.50 bits per heavy atom. The molecule has 2 saturated heterocycles. The van der Waals surface area contributed by atoms with Crippen molar-refractivity contribution in [2.24, 2.45) is 23.7 Å². The highest BCUT2D eigenvalue weighted by Crippen LogP contribution is 2.33. The zero-order chi connectivity index (χ0) is 20.1. The summed E-state index contributed by atoms with van der Waals surface area (Å²) in [5.41, 5.74) is 0. The van der Waals surface area contributed by atoms with Crippen LogP contribution in [0.3, 0.4) is 0 Å². The largest absolute Gasteiger partial charge is 0.481 e. The van der Waals surface area contributed by atoms with Crippen LogP contribution in [0.1, 0.15) is 57.8 Å². The Kier molecular flexibility index (Phi) is 7.32. The second kappa shape index (κ2) is 9.72. The third kappa shape index (κ3) is 5.46. The molecule has 1 saturated carbocycles. The van der Waals surface area contributed by atoms with Crippen LogP contribution < -0.4 is 0 Å². The number of nitrogens with zero attached hydrogens (tertiary/aromatic N) is 2. The number of carboxylic acids is 2. The minimum absolute atomic E-state index is 0.127. The fourth-order valence-electron chi connectivity index (χ4n) is 5.28. The summed E-state index contributed by atoms with van der Waals surface area (Å²) in [6.07, 6.45) is 7.48. The molecule has 2 N–H and O–H groups in total. The maximum Gasteiger partial charge on any atom is 0.306 e. The molecule has 7 nitrogen and oxygen atoms in total. The van der Waals surface area contributed by atoms with Crippen molar-refractivity contribution in [3.05, 3.63) is 0 Å². The van der Waals surface area contributed by atoms with Gasteiger partial charge >= 0.3 is 11.9 Å². The highest BCUT2D eigenvalue weighted by atomic mass is 16.4. The molecule has 7 heteroatoms. The SMILES string of the molecule is O=C(O)CC1CCN(C(=O)C2CCCC2)CC1CCN1CCC(C(=O)O)CC1. The zero-order valence-electron chi connectivity index (χ0n) is 16.7. The number of carbonyl (C=O) groups is 3. The van der Waals surface area contributed by atoms with E-state index in [0.29, 0.717) is 25.9 Å². The van der Waals surface area contributed by atoms with Crippen molar-refractivity contribution in [2.45, 2.75) is 57.8 Å². The number of hydrogen-bond donors (Lipinski definition) is 2. The topological polar surface area (TPSA) is 98.2 Å². The smallest absolute Gasteiger partial charge is 0.306 e. The van der Waals surface area contributed by atoms with Gasteiger partial charge < -0.3 is 20.0 Å². The van der Waals surface area contributed by atoms with Gasteiger partial charge in [0.05, 0.1) is 5.92 Å². The Morgan fingerprint density at radius 1 is 0.821 bits per heavy atom. The average molecular weight is 395 g/mol. The minimum Gasteiger partial charge on any atom is -0.481 e. The van der Waals surface area contributed by atoms with E-state index < -0.39 is 11.9 Å². The van der Waals surface area contributed by atoms with Crippen molar-refractivity contribution in [3.63, 3.8) is 0 Å². The van der Waals surface area contributed by atoms with Crippen LogP contribution in [-0.4, -0.2) is 70.6 Å². The monoisotopic (exact) mass is 394 g/mol. The van der Waals surface area contributed by atoms with Crippen LogP contribution in [0.2, 0.25) is 0 Å². The van der Waals surface area contributed by atoms with E-state index >= 15 is 0 Å². The number of likely N-dealkylation sites (tertiary alicyclic amines) is 2. The molecule has 3 aliphatic rings. The number of carbonyl (C=O) groups excluding carboxylic acids is 1. The molecular weight excluding hydrogens is 360 g/mol. The summed E-state index contributed by atoms with van der Waals surface area (Å²) in [4.78, 5) is 39.5. The molecule has 158 valence electrons. The fraction of sp³-hybridized carbons (Fsp3) is 0.857. The van der Waals surface area contributed by atoms with Crippen LogP contribution in [0.25, 0.3) is 0 Å². The Balaban J connectivity index is 1.53. The van der Waals surface area contributed by atoms with Gasteiger partial charge in [-0.15, -0.1) is 0 Å². The standard InChI is InChI=1S/C21H34N2O5/c24-19(25)13-17-8-12-23(20(26)15-3-1-2-4-15)14-18(17)7-11-22-9-5-16(6-10-22)21(27)28/h15-18H,1-14H2,(H,24,25)(H,27,28). The molecule has 2 aliphatic heterocycles. The molecule has 0 radical (unpaired) electrons. The molecule has 3 fully saturated rings. The molecule has 1 amide bonds. The first kappa shape index (κ1) is 21.1. The molecule has 0 spiro atoms. The molecule has 28 heavy (non-hydrogen) atoms. The number of aliphatic carboxylic acids is 2. The molecule has 0 aromatic rings. The molecule has 0 aromatic carbocycles. The first-order valence-electron chi connectivity index (χ1n) is 10.9. The quantitative estimate of drug-likeness (QED) is 0.688. The Morgan fingerprint density at radius 3 is 2.11 bits per heavy atom. The summed E-state index contributed by atoms with van der Waals surface area (Å²) < 4.78 is 0. The van der Waals surface area contributed by atoms with Gasteiger partial charge in [-0.25, -0.2) is 0 Å². The first-order chi connectivity index (χ1) is 13.4. The highest BCUT2D eigenvalue weighted by Gasteiger charge is 2.36. The van der Waals surface area contributed by atoms with E-state index in [2.05, 4.69) is 4.90 Å². The van der Waals surface area contributed by atoms with Crippen LogP contribution in [-0.2, 0) is 14.4 Å². The van der Waals surface area contributed by atoms with Gasteiger partial charge in [0, 0.05) is 25.4 Å². The lowest BCUT2D eigenvalue weighted by molar-refractivity contribution is -0.143. The summed E-state index contributed by atoms with van der Waals surface area (Å²) >= 11 is 0. The van der Waals surface area contributed by atoms with E-state index in [1.54, 1.807) is 0 Å². The van der Waals surface area contributed by atoms with Gasteiger partial charge in [0.25, 0.3) is 0 Å². The Labute approximate surface area is 167 Å². The van der Waals surface area contributed by atoms with Crippen LogP contribution in [0, 0.1) is 23.7 Å². The Hall–Kier alpha value is -1.63. The van der Waals surface area contributed by atoms with Gasteiger partial charge in [0.1, 0.15) is 0 Å². The van der Waals surface area contributed by atoms with Crippen molar-refractivity contribution >= 4 is 17.8 Å².